The number of hydrogen-bond acceptors (Lipinski definition) is 2. The zero-order chi connectivity index (χ0) is 13.8. The fraction of sp³-hybridized carbons (Fsp3) is 0.500. The lowest BCUT2D eigenvalue weighted by Crippen LogP contribution is -2.29. The first kappa shape index (κ1) is 14.6. The third-order valence-electron chi connectivity index (χ3n) is 3.73. The van der Waals surface area contributed by atoms with E-state index in [0.717, 1.165) is 5.56 Å². The molecule has 0 bridgehead atoms. The molecule has 2 atom stereocenters. The summed E-state index contributed by atoms with van der Waals surface area (Å²) in [7, 11) is 2.16. The first-order valence-corrected chi connectivity index (χ1v) is 6.33. The number of phenols is 1. The van der Waals surface area contributed by atoms with Crippen molar-refractivity contribution >= 4 is 14.3 Å². The number of aromatic hydroxyl groups is 1. The van der Waals surface area contributed by atoms with Crippen LogP contribution in [0.15, 0.2) is 24.3 Å². The Morgan fingerprint density at radius 3 is 2.50 bits per heavy atom. The van der Waals surface area contributed by atoms with Crippen molar-refractivity contribution in [3.63, 3.8) is 0 Å². The summed E-state index contributed by atoms with van der Waals surface area (Å²) in [6, 6.07) is 7.34. The van der Waals surface area contributed by atoms with Gasteiger partial charge in [-0.05, 0) is 17.0 Å². The average Bonchev–Trinajstić information content (AvgIpc) is 2.30. The highest BCUT2D eigenvalue weighted by Gasteiger charge is 2.30. The Kier molecular flexibility index (Phi) is 4.82. The van der Waals surface area contributed by atoms with Gasteiger partial charge in [0.2, 0.25) is 6.41 Å². The molecule has 1 aromatic carbocycles. The van der Waals surface area contributed by atoms with Crippen LogP contribution in [0.2, 0.25) is 5.82 Å². The summed E-state index contributed by atoms with van der Waals surface area (Å²) >= 11 is 0. The van der Waals surface area contributed by atoms with Crippen molar-refractivity contribution in [2.75, 3.05) is 6.54 Å². The molecule has 0 spiro atoms. The van der Waals surface area contributed by atoms with Crippen molar-refractivity contribution in [3.8, 4) is 5.75 Å². The molecule has 0 aliphatic heterocycles. The van der Waals surface area contributed by atoms with Gasteiger partial charge in [0, 0.05) is 12.5 Å². The smallest absolute Gasteiger partial charge is 0.207 e. The molecule has 0 radical (unpaired) electrons. The van der Waals surface area contributed by atoms with E-state index in [-0.39, 0.29) is 11.3 Å². The average molecular weight is 247 g/mol. The summed E-state index contributed by atoms with van der Waals surface area (Å²) in [4.78, 5) is 10.5. The quantitative estimate of drug-likeness (QED) is 0.614. The van der Waals surface area contributed by atoms with Gasteiger partial charge in [-0.15, -0.1) is 0 Å². The Bertz CT molecular complexity index is 401. The molecule has 98 valence electrons. The maximum atomic E-state index is 10.5. The summed E-state index contributed by atoms with van der Waals surface area (Å²) in [6.45, 7) is 7.06. The lowest BCUT2D eigenvalue weighted by atomic mass is 9.60. The second-order valence-corrected chi connectivity index (χ2v) is 5.85. The van der Waals surface area contributed by atoms with Gasteiger partial charge in [0.1, 0.15) is 13.6 Å². The number of carbonyl (C=O) groups excluding carboxylic acids is 1. The summed E-state index contributed by atoms with van der Waals surface area (Å²) in [5, 5.41) is 12.7. The van der Waals surface area contributed by atoms with Gasteiger partial charge in [0.15, 0.2) is 0 Å². The molecule has 2 unspecified atom stereocenters. The molecule has 4 heteroatoms. The van der Waals surface area contributed by atoms with Crippen molar-refractivity contribution in [2.45, 2.75) is 32.5 Å². The number of nitrogens with one attached hydrogen (secondary N) is 1. The molecule has 1 aromatic rings. The molecule has 0 aliphatic carbocycles. The third kappa shape index (κ3) is 3.52. The van der Waals surface area contributed by atoms with E-state index in [9.17, 15) is 9.90 Å². The second kappa shape index (κ2) is 5.94. The molecule has 0 aliphatic rings. The minimum Gasteiger partial charge on any atom is -0.508 e. The van der Waals surface area contributed by atoms with Crippen LogP contribution in [0.4, 0.5) is 0 Å². The Morgan fingerprint density at radius 2 is 2.00 bits per heavy atom. The van der Waals surface area contributed by atoms with Crippen molar-refractivity contribution in [1.82, 2.24) is 5.32 Å². The van der Waals surface area contributed by atoms with Gasteiger partial charge in [0.25, 0.3) is 0 Å². The molecule has 1 amide bonds. The van der Waals surface area contributed by atoms with Crippen LogP contribution in [0.5, 0.6) is 5.75 Å². The first-order valence-electron chi connectivity index (χ1n) is 6.33. The minimum atomic E-state index is 0.108. The van der Waals surface area contributed by atoms with E-state index in [2.05, 4.69) is 33.9 Å². The lowest BCUT2D eigenvalue weighted by Gasteiger charge is -2.35. The van der Waals surface area contributed by atoms with E-state index in [1.54, 1.807) is 6.07 Å². The molecule has 1 rings (SSSR count). The van der Waals surface area contributed by atoms with Crippen molar-refractivity contribution in [2.24, 2.45) is 5.41 Å². The second-order valence-electron chi connectivity index (χ2n) is 5.85. The number of para-hydroxylation sites is 1. The molecule has 2 N–H and O–H groups in total. The van der Waals surface area contributed by atoms with Crippen LogP contribution in [0.3, 0.4) is 0 Å². The van der Waals surface area contributed by atoms with Crippen LogP contribution in [0, 0.1) is 5.41 Å². The van der Waals surface area contributed by atoms with Gasteiger partial charge in [-0.25, -0.2) is 0 Å². The predicted octanol–water partition coefficient (Wildman–Crippen LogP) is 1.69. The number of carbonyl (C=O) groups is 1. The van der Waals surface area contributed by atoms with E-state index >= 15 is 0 Å². The van der Waals surface area contributed by atoms with E-state index in [1.165, 1.54) is 0 Å². The Hall–Kier alpha value is -1.45. The van der Waals surface area contributed by atoms with Gasteiger partial charge in [-0.3, -0.25) is 4.79 Å². The van der Waals surface area contributed by atoms with Crippen LogP contribution in [-0.4, -0.2) is 25.9 Å². The lowest BCUT2D eigenvalue weighted by molar-refractivity contribution is -0.109. The van der Waals surface area contributed by atoms with Crippen LogP contribution >= 0.6 is 0 Å². The first-order chi connectivity index (χ1) is 8.38. The topological polar surface area (TPSA) is 49.3 Å². The van der Waals surface area contributed by atoms with Gasteiger partial charge in [-0.1, -0.05) is 44.8 Å². The SMILES string of the molecule is BC(C(CNC=O)c1ccccc1O)C(C)(C)C. The van der Waals surface area contributed by atoms with Crippen molar-refractivity contribution in [3.05, 3.63) is 29.8 Å². The van der Waals surface area contributed by atoms with Gasteiger partial charge in [-0.2, -0.15) is 0 Å². The molecule has 0 saturated carbocycles. The van der Waals surface area contributed by atoms with Crippen LogP contribution in [0.25, 0.3) is 0 Å². The summed E-state index contributed by atoms with van der Waals surface area (Å²) in [5.74, 6) is 0.737. The normalized spacial score (nSPS) is 14.8. The Balaban J connectivity index is 3.05. The fourth-order valence-electron chi connectivity index (χ4n) is 2.14. The maximum absolute atomic E-state index is 10.5. The van der Waals surface area contributed by atoms with Crippen molar-refractivity contribution < 1.29 is 9.90 Å². The molecule has 0 fully saturated rings. The van der Waals surface area contributed by atoms with Crippen LogP contribution in [0.1, 0.15) is 32.3 Å². The van der Waals surface area contributed by atoms with E-state index < -0.39 is 0 Å². The number of rotatable bonds is 5. The molecule has 18 heavy (non-hydrogen) atoms. The monoisotopic (exact) mass is 247 g/mol. The zero-order valence-electron chi connectivity index (χ0n) is 11.6. The van der Waals surface area contributed by atoms with Gasteiger partial charge in [0.05, 0.1) is 0 Å². The highest BCUT2D eigenvalue weighted by atomic mass is 16.3. The number of phenolic OH excluding ortho intramolecular Hbond substituents is 1. The fourth-order valence-corrected chi connectivity index (χ4v) is 2.14. The number of benzene rings is 1. The van der Waals surface area contributed by atoms with E-state index in [0.29, 0.717) is 24.5 Å². The van der Waals surface area contributed by atoms with Crippen LogP contribution < -0.4 is 5.32 Å². The maximum Gasteiger partial charge on any atom is 0.207 e. The third-order valence-corrected chi connectivity index (χ3v) is 3.73. The summed E-state index contributed by atoms with van der Waals surface area (Å²) in [5.41, 5.74) is 1.01. The van der Waals surface area contributed by atoms with E-state index in [4.69, 9.17) is 0 Å². The number of hydrogen-bond donors (Lipinski definition) is 2. The molecule has 0 aromatic heterocycles. The summed E-state index contributed by atoms with van der Waals surface area (Å²) < 4.78 is 0. The molecule has 0 heterocycles. The van der Waals surface area contributed by atoms with Gasteiger partial charge < -0.3 is 10.4 Å². The zero-order valence-corrected chi connectivity index (χ0v) is 11.6. The van der Waals surface area contributed by atoms with Gasteiger partial charge >= 0.3 is 0 Å². The van der Waals surface area contributed by atoms with Crippen LogP contribution in [-0.2, 0) is 4.79 Å². The molecule has 0 saturated heterocycles. The number of amides is 1. The largest absolute Gasteiger partial charge is 0.508 e. The summed E-state index contributed by atoms with van der Waals surface area (Å²) in [6.07, 6.45) is 0.711. The standard InChI is InChI=1S/C14H22BNO2/c1-14(2,3)13(15)11(8-16-9-17)10-6-4-5-7-12(10)18/h4-7,9,11,13,18H,8,15H2,1-3H3,(H,16,17). The highest BCUT2D eigenvalue weighted by Crippen LogP contribution is 2.42. The molecule has 3 nitrogen and oxygen atoms in total. The molecular weight excluding hydrogens is 225 g/mol. The minimum absolute atomic E-state index is 0.108. The highest BCUT2D eigenvalue weighted by molar-refractivity contribution is 6.12. The van der Waals surface area contributed by atoms with Crippen molar-refractivity contribution in [1.29, 1.82) is 0 Å². The molecular formula is C14H22BNO2. The Morgan fingerprint density at radius 1 is 1.39 bits per heavy atom. The Labute approximate surface area is 110 Å². The predicted molar refractivity (Wildman–Crippen MR) is 76.7 cm³/mol. The van der Waals surface area contributed by atoms with E-state index in [1.807, 2.05) is 18.2 Å².